The number of hydrogen-bond acceptors (Lipinski definition) is 4. The number of amides is 1. The first-order valence-electron chi connectivity index (χ1n) is 7.76. The lowest BCUT2D eigenvalue weighted by atomic mass is 10.2. The minimum absolute atomic E-state index is 0.127. The first-order valence-corrected chi connectivity index (χ1v) is 9.71. The number of anilines is 1. The normalized spacial score (nSPS) is 10.6. The molecular formula is C17H18Cl3N3OS. The smallest absolute Gasteiger partial charge is 0.283 e. The van der Waals surface area contributed by atoms with Gasteiger partial charge in [0.2, 0.25) is 0 Å². The molecule has 1 heterocycles. The van der Waals surface area contributed by atoms with Crippen LogP contribution in [0.2, 0.25) is 15.1 Å². The van der Waals surface area contributed by atoms with Crippen molar-refractivity contribution < 1.29 is 4.79 Å². The van der Waals surface area contributed by atoms with Gasteiger partial charge in [0.15, 0.2) is 0 Å². The zero-order valence-electron chi connectivity index (χ0n) is 13.6. The monoisotopic (exact) mass is 417 g/mol. The summed E-state index contributed by atoms with van der Waals surface area (Å²) >= 11 is 19.7. The first-order chi connectivity index (χ1) is 12.0. The van der Waals surface area contributed by atoms with E-state index in [4.69, 9.17) is 34.8 Å². The number of benzene rings is 1. The van der Waals surface area contributed by atoms with Crippen molar-refractivity contribution in [1.29, 1.82) is 0 Å². The predicted molar refractivity (Wildman–Crippen MR) is 107 cm³/mol. The third-order valence-electron chi connectivity index (χ3n) is 3.29. The highest BCUT2D eigenvalue weighted by Gasteiger charge is 2.15. The van der Waals surface area contributed by atoms with E-state index in [2.05, 4.69) is 22.1 Å². The van der Waals surface area contributed by atoms with Gasteiger partial charge < -0.3 is 10.2 Å². The molecule has 0 saturated heterocycles. The molecule has 0 radical (unpaired) electrons. The van der Waals surface area contributed by atoms with Crippen molar-refractivity contribution in [3.8, 4) is 0 Å². The second-order valence-corrected chi connectivity index (χ2v) is 7.51. The van der Waals surface area contributed by atoms with Gasteiger partial charge in [0, 0.05) is 41.9 Å². The Bertz CT molecular complexity index is 693. The van der Waals surface area contributed by atoms with Crippen molar-refractivity contribution in [3.63, 3.8) is 0 Å². The fourth-order valence-electron chi connectivity index (χ4n) is 2.29. The highest BCUT2D eigenvalue weighted by Crippen LogP contribution is 2.36. The van der Waals surface area contributed by atoms with Crippen LogP contribution in [-0.4, -0.2) is 29.9 Å². The van der Waals surface area contributed by atoms with E-state index < -0.39 is 0 Å². The van der Waals surface area contributed by atoms with Crippen molar-refractivity contribution in [2.45, 2.75) is 18.2 Å². The summed E-state index contributed by atoms with van der Waals surface area (Å²) in [6.07, 6.45) is 4.25. The van der Waals surface area contributed by atoms with Crippen molar-refractivity contribution in [1.82, 2.24) is 10.3 Å². The molecule has 2 aromatic rings. The zero-order chi connectivity index (χ0) is 18.2. The van der Waals surface area contributed by atoms with Gasteiger partial charge in [-0.05, 0) is 42.4 Å². The van der Waals surface area contributed by atoms with Crippen LogP contribution in [0, 0.1) is 0 Å². The molecule has 2 rings (SSSR count). The van der Waals surface area contributed by atoms with Gasteiger partial charge in [0.25, 0.3) is 5.24 Å². The number of pyridine rings is 1. The second-order valence-electron chi connectivity index (χ2n) is 5.21. The lowest BCUT2D eigenvalue weighted by Crippen LogP contribution is -2.34. The van der Waals surface area contributed by atoms with Crippen LogP contribution in [0.3, 0.4) is 0 Å². The van der Waals surface area contributed by atoms with E-state index in [1.165, 1.54) is 0 Å². The van der Waals surface area contributed by atoms with Gasteiger partial charge in [-0.3, -0.25) is 9.78 Å². The lowest BCUT2D eigenvalue weighted by molar-refractivity contribution is 0.261. The summed E-state index contributed by atoms with van der Waals surface area (Å²) in [5, 5.41) is 4.26. The highest BCUT2D eigenvalue weighted by molar-refractivity contribution is 8.13. The number of nitrogens with one attached hydrogen (secondary N) is 1. The molecule has 0 unspecified atom stereocenters. The number of hydrogen-bond donors (Lipinski definition) is 1. The Morgan fingerprint density at radius 1 is 1.24 bits per heavy atom. The molecule has 0 fully saturated rings. The number of rotatable bonds is 7. The molecule has 1 aromatic carbocycles. The Kier molecular flexibility index (Phi) is 8.16. The average Bonchev–Trinajstić information content (AvgIpc) is 2.54. The molecular weight excluding hydrogens is 401 g/mol. The van der Waals surface area contributed by atoms with Crippen LogP contribution in [-0.2, 0) is 0 Å². The third-order valence-corrected chi connectivity index (χ3v) is 4.89. The minimum Gasteiger partial charge on any atom is -0.367 e. The molecule has 1 aromatic heterocycles. The van der Waals surface area contributed by atoms with Crippen LogP contribution in [0.15, 0.2) is 41.6 Å². The molecule has 0 spiro atoms. The molecule has 8 heteroatoms. The lowest BCUT2D eigenvalue weighted by Gasteiger charge is -2.26. The quantitative estimate of drug-likeness (QED) is 0.581. The van der Waals surface area contributed by atoms with Gasteiger partial charge in [-0.25, -0.2) is 0 Å². The third kappa shape index (κ3) is 6.26. The fourth-order valence-corrected chi connectivity index (χ4v) is 3.99. The summed E-state index contributed by atoms with van der Waals surface area (Å²) in [5.41, 5.74) is 0.740. The van der Waals surface area contributed by atoms with Gasteiger partial charge in [-0.1, -0.05) is 41.7 Å². The van der Waals surface area contributed by atoms with Crippen LogP contribution >= 0.6 is 46.6 Å². The molecule has 0 bridgehead atoms. The summed E-state index contributed by atoms with van der Waals surface area (Å²) < 4.78 is 0. The standard InChI is InChI=1S/C17H18Cl3N3OS/c1-2-7-23(16-14(19)9-12(18)10-15(16)20)8-6-22-17(24)25-13-4-3-5-21-11-13/h3-5,9-11H,2,6-8H2,1H3,(H,22,24). The van der Waals surface area contributed by atoms with E-state index in [0.717, 1.165) is 35.3 Å². The van der Waals surface area contributed by atoms with Crippen molar-refractivity contribution >= 4 is 57.5 Å². The van der Waals surface area contributed by atoms with E-state index in [0.29, 0.717) is 28.2 Å². The number of carbonyl (C=O) groups excluding carboxylic acids is 1. The van der Waals surface area contributed by atoms with Crippen molar-refractivity contribution in [2.75, 3.05) is 24.5 Å². The number of halogens is 3. The maximum atomic E-state index is 12.0. The van der Waals surface area contributed by atoms with Gasteiger partial charge in [0.05, 0.1) is 15.7 Å². The van der Waals surface area contributed by atoms with E-state index in [1.54, 1.807) is 30.6 Å². The van der Waals surface area contributed by atoms with E-state index in [9.17, 15) is 4.79 Å². The largest absolute Gasteiger partial charge is 0.367 e. The van der Waals surface area contributed by atoms with E-state index in [-0.39, 0.29) is 5.24 Å². The van der Waals surface area contributed by atoms with Gasteiger partial charge >= 0.3 is 0 Å². The summed E-state index contributed by atoms with van der Waals surface area (Å²) in [6, 6.07) is 6.98. The first kappa shape index (κ1) is 20.2. The molecule has 134 valence electrons. The number of nitrogens with zero attached hydrogens (tertiary/aromatic N) is 2. The predicted octanol–water partition coefficient (Wildman–Crippen LogP) is 5.76. The molecule has 0 aliphatic rings. The summed E-state index contributed by atoms with van der Waals surface area (Å²) in [6.45, 7) is 3.91. The Hall–Kier alpha value is -1.14. The fraction of sp³-hybridized carbons (Fsp3) is 0.294. The van der Waals surface area contributed by atoms with Gasteiger partial charge in [0.1, 0.15) is 0 Å². The van der Waals surface area contributed by atoms with Crippen LogP contribution in [0.1, 0.15) is 13.3 Å². The molecule has 0 atom stereocenters. The minimum atomic E-state index is -0.127. The molecule has 1 amide bonds. The van der Waals surface area contributed by atoms with E-state index >= 15 is 0 Å². The Labute approximate surface area is 166 Å². The van der Waals surface area contributed by atoms with Crippen LogP contribution in [0.25, 0.3) is 0 Å². The van der Waals surface area contributed by atoms with Crippen LogP contribution < -0.4 is 10.2 Å². The van der Waals surface area contributed by atoms with Gasteiger partial charge in [-0.15, -0.1) is 0 Å². The van der Waals surface area contributed by atoms with Gasteiger partial charge in [-0.2, -0.15) is 0 Å². The summed E-state index contributed by atoms with van der Waals surface area (Å²) in [4.78, 5) is 18.8. The SMILES string of the molecule is CCCN(CCNC(=O)Sc1cccnc1)c1c(Cl)cc(Cl)cc1Cl. The topological polar surface area (TPSA) is 45.2 Å². The molecule has 1 N–H and O–H groups in total. The second kappa shape index (κ2) is 10.1. The van der Waals surface area contributed by atoms with Crippen molar-refractivity contribution in [3.05, 3.63) is 51.7 Å². The molecule has 0 aliphatic heterocycles. The molecule has 0 aliphatic carbocycles. The van der Waals surface area contributed by atoms with Crippen LogP contribution in [0.5, 0.6) is 0 Å². The van der Waals surface area contributed by atoms with E-state index in [1.807, 2.05) is 6.07 Å². The highest BCUT2D eigenvalue weighted by atomic mass is 35.5. The zero-order valence-corrected chi connectivity index (χ0v) is 16.7. The molecule has 4 nitrogen and oxygen atoms in total. The van der Waals surface area contributed by atoms with Crippen LogP contribution in [0.4, 0.5) is 10.5 Å². The summed E-state index contributed by atoms with van der Waals surface area (Å²) in [7, 11) is 0. The maximum Gasteiger partial charge on any atom is 0.283 e. The Balaban J connectivity index is 1.95. The Morgan fingerprint density at radius 3 is 2.56 bits per heavy atom. The maximum absolute atomic E-state index is 12.0. The number of aromatic nitrogens is 1. The Morgan fingerprint density at radius 2 is 1.96 bits per heavy atom. The molecule has 25 heavy (non-hydrogen) atoms. The average molecular weight is 419 g/mol. The molecule has 0 saturated carbocycles. The summed E-state index contributed by atoms with van der Waals surface area (Å²) in [5.74, 6) is 0. The number of carbonyl (C=O) groups is 1. The number of thioether (sulfide) groups is 1. The van der Waals surface area contributed by atoms with Crippen molar-refractivity contribution in [2.24, 2.45) is 0 Å².